The van der Waals surface area contributed by atoms with Gasteiger partial charge in [0.2, 0.25) is 11.7 Å². The highest BCUT2D eigenvalue weighted by atomic mass is 16.5. The zero-order chi connectivity index (χ0) is 27.6. The van der Waals surface area contributed by atoms with Crippen LogP contribution in [0.15, 0.2) is 35.4 Å². The molecule has 0 amide bonds. The van der Waals surface area contributed by atoms with Crippen LogP contribution in [-0.4, -0.2) is 82.8 Å². The number of aromatic nitrogens is 3. The number of fused-ring (bicyclic) bond motifs is 5. The summed E-state index contributed by atoms with van der Waals surface area (Å²) in [6.07, 6.45) is 16.4. The van der Waals surface area contributed by atoms with Crippen LogP contribution in [0.4, 0.5) is 17.3 Å². The minimum atomic E-state index is -0.227. The number of hydrogen-bond donors (Lipinski definition) is 1. The first-order chi connectivity index (χ1) is 20.1. The van der Waals surface area contributed by atoms with Crippen molar-refractivity contribution in [2.24, 2.45) is 0 Å². The van der Waals surface area contributed by atoms with Gasteiger partial charge in [0, 0.05) is 25.2 Å². The summed E-state index contributed by atoms with van der Waals surface area (Å²) in [6.45, 7) is 5.46. The van der Waals surface area contributed by atoms with Crippen LogP contribution in [0.2, 0.25) is 0 Å². The van der Waals surface area contributed by atoms with Gasteiger partial charge >= 0.3 is 0 Å². The van der Waals surface area contributed by atoms with E-state index >= 15 is 0 Å². The van der Waals surface area contributed by atoms with Crippen LogP contribution in [0, 0.1) is 12.3 Å². The van der Waals surface area contributed by atoms with Gasteiger partial charge in [-0.15, -0.1) is 6.42 Å². The number of hydrogen-bond acceptors (Lipinski definition) is 9. The molecule has 10 nitrogen and oxygen atoms in total. The Morgan fingerprint density at radius 1 is 1.12 bits per heavy atom. The minimum Gasteiger partial charge on any atom is -0.489 e. The summed E-state index contributed by atoms with van der Waals surface area (Å²) in [6, 6.07) is 6.46. The zero-order valence-corrected chi connectivity index (χ0v) is 23.2. The number of anilines is 3. The van der Waals surface area contributed by atoms with Crippen LogP contribution in [-0.2, 0) is 0 Å². The summed E-state index contributed by atoms with van der Waals surface area (Å²) in [5, 5.41) is 3.70. The Hall–Kier alpha value is -3.81. The molecule has 10 heteroatoms. The van der Waals surface area contributed by atoms with Crippen LogP contribution in [0.5, 0.6) is 11.6 Å². The number of ether oxygens (including phenoxy) is 2. The maximum atomic E-state index is 14.3. The molecule has 41 heavy (non-hydrogen) atoms. The molecule has 1 N–H and O–H groups in total. The molecule has 4 saturated heterocycles. The van der Waals surface area contributed by atoms with E-state index in [0.717, 1.165) is 57.7 Å². The average Bonchev–Trinajstić information content (AvgIpc) is 3.69. The number of benzene rings is 1. The highest BCUT2D eigenvalue weighted by Crippen LogP contribution is 2.40. The normalized spacial score (nSPS) is 24.7. The van der Waals surface area contributed by atoms with E-state index in [2.05, 4.69) is 21.0 Å². The Bertz CT molecular complexity index is 1590. The van der Waals surface area contributed by atoms with Gasteiger partial charge in [0.1, 0.15) is 30.2 Å². The van der Waals surface area contributed by atoms with Gasteiger partial charge in [0.05, 0.1) is 30.0 Å². The van der Waals surface area contributed by atoms with Gasteiger partial charge in [0.15, 0.2) is 5.82 Å². The van der Waals surface area contributed by atoms with E-state index in [9.17, 15) is 4.79 Å². The van der Waals surface area contributed by atoms with Crippen molar-refractivity contribution in [3.8, 4) is 24.0 Å². The first-order valence-corrected chi connectivity index (χ1v) is 14.9. The number of piperazine rings is 1. The lowest BCUT2D eigenvalue weighted by atomic mass is 9.95. The molecule has 2 bridgehead atoms. The molecular formula is C31H35N7O3. The molecule has 0 aliphatic carbocycles. The smallest absolute Gasteiger partial charge is 0.298 e. The molecule has 5 aliphatic rings. The molecule has 0 saturated carbocycles. The summed E-state index contributed by atoms with van der Waals surface area (Å²) >= 11 is 0. The van der Waals surface area contributed by atoms with Crippen molar-refractivity contribution in [1.29, 1.82) is 0 Å². The van der Waals surface area contributed by atoms with Gasteiger partial charge in [-0.1, -0.05) is 12.0 Å². The fourth-order valence-electron chi connectivity index (χ4n) is 7.78. The van der Waals surface area contributed by atoms with Crippen LogP contribution < -0.4 is 30.1 Å². The Morgan fingerprint density at radius 3 is 2.71 bits per heavy atom. The first-order valence-electron chi connectivity index (χ1n) is 14.9. The standard InChI is InChI=1S/C31H35N7O3/c1-2-21-6-3-7-25-27(21)37(14-15-40-25)29-30(39)38-19-26(41-20-31-10-4-12-36(31)13-5-11-31)34-28(24(38)16-32-29)35-17-22-8-9-23(18-35)33-22/h1,3,6-7,16,19,22-23,33H,4-5,8-15,17-18,20H2. The van der Waals surface area contributed by atoms with Crippen molar-refractivity contribution < 1.29 is 9.47 Å². The third-order valence-corrected chi connectivity index (χ3v) is 9.73. The number of nitrogens with one attached hydrogen (secondary N) is 1. The lowest BCUT2D eigenvalue weighted by molar-refractivity contribution is 0.110. The number of para-hydroxylation sites is 1. The minimum absolute atomic E-state index is 0.0858. The van der Waals surface area contributed by atoms with Gasteiger partial charge in [-0.05, 0) is 63.7 Å². The van der Waals surface area contributed by atoms with Gasteiger partial charge in [-0.3, -0.25) is 14.1 Å². The lowest BCUT2D eigenvalue weighted by Gasteiger charge is -2.35. The van der Waals surface area contributed by atoms with Crippen molar-refractivity contribution in [1.82, 2.24) is 24.6 Å². The SMILES string of the molecule is C#Cc1cccc2c1N(c1ncc3c(N4CC5CCC(C4)N5)nc(OCC45CCCN4CCC5)cn3c1=O)CCO2. The highest BCUT2D eigenvalue weighted by molar-refractivity contribution is 5.76. The van der Waals surface area contributed by atoms with Crippen LogP contribution in [0.1, 0.15) is 44.1 Å². The molecule has 0 spiro atoms. The third kappa shape index (κ3) is 4.05. The summed E-state index contributed by atoms with van der Waals surface area (Å²) in [4.78, 5) is 30.8. The van der Waals surface area contributed by atoms with E-state index in [1.807, 2.05) is 23.1 Å². The predicted octanol–water partition coefficient (Wildman–Crippen LogP) is 2.55. The summed E-state index contributed by atoms with van der Waals surface area (Å²) in [7, 11) is 0. The predicted molar refractivity (Wildman–Crippen MR) is 157 cm³/mol. The van der Waals surface area contributed by atoms with Crippen molar-refractivity contribution in [2.45, 2.75) is 56.1 Å². The van der Waals surface area contributed by atoms with Gasteiger partial charge in [0.25, 0.3) is 5.56 Å². The maximum Gasteiger partial charge on any atom is 0.298 e. The molecule has 4 fully saturated rings. The summed E-state index contributed by atoms with van der Waals surface area (Å²) in [5.41, 5.74) is 1.92. The van der Waals surface area contributed by atoms with Crippen molar-refractivity contribution in [3.63, 3.8) is 0 Å². The average molecular weight is 554 g/mol. The third-order valence-electron chi connectivity index (χ3n) is 9.73. The maximum absolute atomic E-state index is 14.3. The van der Waals surface area contributed by atoms with Gasteiger partial charge in [-0.25, -0.2) is 4.98 Å². The molecule has 5 aliphatic heterocycles. The van der Waals surface area contributed by atoms with Crippen LogP contribution >= 0.6 is 0 Å². The fourth-order valence-corrected chi connectivity index (χ4v) is 7.78. The Morgan fingerprint density at radius 2 is 1.93 bits per heavy atom. The van der Waals surface area contributed by atoms with E-state index in [1.54, 1.807) is 16.8 Å². The topological polar surface area (TPSA) is 87.5 Å². The molecule has 3 aromatic rings. The van der Waals surface area contributed by atoms with Crippen LogP contribution in [0.3, 0.4) is 0 Å². The van der Waals surface area contributed by atoms with E-state index in [-0.39, 0.29) is 11.1 Å². The Balaban J connectivity index is 1.23. The first kappa shape index (κ1) is 24.9. The number of terminal acetylenes is 1. The van der Waals surface area contributed by atoms with Crippen LogP contribution in [0.25, 0.3) is 5.52 Å². The van der Waals surface area contributed by atoms with E-state index < -0.39 is 0 Å². The molecule has 1 aromatic carbocycles. The largest absolute Gasteiger partial charge is 0.489 e. The quantitative estimate of drug-likeness (QED) is 0.479. The Kier molecular flexibility index (Phi) is 5.86. The number of nitrogens with zero attached hydrogens (tertiary/aromatic N) is 6. The molecule has 212 valence electrons. The van der Waals surface area contributed by atoms with Gasteiger partial charge in [-0.2, -0.15) is 4.98 Å². The highest BCUT2D eigenvalue weighted by Gasteiger charge is 2.45. The second-order valence-electron chi connectivity index (χ2n) is 12.1. The molecule has 0 radical (unpaired) electrons. The second-order valence-corrected chi connectivity index (χ2v) is 12.1. The Labute approximate surface area is 239 Å². The lowest BCUT2D eigenvalue weighted by Crippen LogP contribution is -2.51. The molecule has 2 unspecified atom stereocenters. The zero-order valence-electron chi connectivity index (χ0n) is 23.2. The molecule has 2 aromatic heterocycles. The molecule has 2 atom stereocenters. The van der Waals surface area contributed by atoms with E-state index in [0.29, 0.717) is 66.1 Å². The van der Waals surface area contributed by atoms with Crippen molar-refractivity contribution >= 4 is 22.8 Å². The van der Waals surface area contributed by atoms with E-state index in [4.69, 9.17) is 25.9 Å². The summed E-state index contributed by atoms with van der Waals surface area (Å²) in [5.74, 6) is 4.96. The fraction of sp³-hybridized carbons (Fsp3) is 0.516. The molecular weight excluding hydrogens is 518 g/mol. The number of rotatable bonds is 5. The molecule has 8 rings (SSSR count). The summed E-state index contributed by atoms with van der Waals surface area (Å²) < 4.78 is 14.1. The monoisotopic (exact) mass is 553 g/mol. The van der Waals surface area contributed by atoms with E-state index in [1.165, 1.54) is 12.8 Å². The second kappa shape index (κ2) is 9.64. The molecule has 7 heterocycles. The van der Waals surface area contributed by atoms with Gasteiger partial charge < -0.3 is 24.6 Å². The van der Waals surface area contributed by atoms with Crippen molar-refractivity contribution in [2.75, 3.05) is 55.7 Å². The van der Waals surface area contributed by atoms with Crippen molar-refractivity contribution in [3.05, 3.63) is 46.5 Å².